The number of furan rings is 1. The van der Waals surface area contributed by atoms with Crippen LogP contribution in [0.3, 0.4) is 0 Å². The van der Waals surface area contributed by atoms with Crippen LogP contribution in [0.2, 0.25) is 0 Å². The van der Waals surface area contributed by atoms with Crippen molar-refractivity contribution in [2.75, 3.05) is 11.1 Å². The third-order valence-electron chi connectivity index (χ3n) is 3.02. The van der Waals surface area contributed by atoms with Crippen LogP contribution >= 0.6 is 27.7 Å². The highest BCUT2D eigenvalue weighted by molar-refractivity contribution is 9.10. The van der Waals surface area contributed by atoms with Gasteiger partial charge in [0.1, 0.15) is 0 Å². The van der Waals surface area contributed by atoms with Gasteiger partial charge in [-0.05, 0) is 30.3 Å². The van der Waals surface area contributed by atoms with Crippen LogP contribution in [0.15, 0.2) is 56.7 Å². The molecule has 23 heavy (non-hydrogen) atoms. The van der Waals surface area contributed by atoms with Crippen LogP contribution in [0.5, 0.6) is 0 Å². The molecule has 0 aliphatic carbocycles. The average Bonchev–Trinajstić information content (AvgIpc) is 3.15. The number of benzene rings is 1. The molecule has 3 rings (SSSR count). The molecule has 8 heteroatoms. The molecule has 2 heterocycles. The molecule has 0 aliphatic heterocycles. The summed E-state index contributed by atoms with van der Waals surface area (Å²) in [5.74, 6) is 1.42. The maximum atomic E-state index is 12.0. The van der Waals surface area contributed by atoms with Crippen LogP contribution in [0.4, 0.5) is 5.69 Å². The number of nitrogens with one attached hydrogen (secondary N) is 1. The summed E-state index contributed by atoms with van der Waals surface area (Å²) in [7, 11) is 1.84. The minimum atomic E-state index is -0.101. The first kappa shape index (κ1) is 15.8. The number of thioether (sulfide) groups is 1. The highest BCUT2D eigenvalue weighted by Gasteiger charge is 2.14. The second-order valence-corrected chi connectivity index (χ2v) is 6.55. The maximum Gasteiger partial charge on any atom is 0.234 e. The van der Waals surface area contributed by atoms with Gasteiger partial charge in [-0.3, -0.25) is 4.79 Å². The standard InChI is InChI=1S/C15H13BrN4O2S/c1-20-14(12-6-3-7-22-12)18-19-15(20)23-9-13(21)17-11-5-2-4-10(16)8-11/h2-8H,9H2,1H3,(H,17,21). The van der Waals surface area contributed by atoms with Crippen LogP contribution in [0.25, 0.3) is 11.6 Å². The Morgan fingerprint density at radius 2 is 2.22 bits per heavy atom. The largest absolute Gasteiger partial charge is 0.461 e. The Morgan fingerprint density at radius 3 is 2.96 bits per heavy atom. The SMILES string of the molecule is Cn1c(SCC(=O)Nc2cccc(Br)c2)nnc1-c1ccco1. The number of anilines is 1. The van der Waals surface area contributed by atoms with E-state index >= 15 is 0 Å². The molecule has 6 nitrogen and oxygen atoms in total. The molecular weight excluding hydrogens is 380 g/mol. The molecule has 1 N–H and O–H groups in total. The Bertz CT molecular complexity index is 817. The van der Waals surface area contributed by atoms with Crippen LogP contribution < -0.4 is 5.32 Å². The predicted octanol–water partition coefficient (Wildman–Crippen LogP) is 3.57. The van der Waals surface area contributed by atoms with Crippen molar-refractivity contribution in [2.45, 2.75) is 5.16 Å². The summed E-state index contributed by atoms with van der Waals surface area (Å²) in [6.07, 6.45) is 1.59. The second kappa shape index (κ2) is 7.01. The molecule has 0 saturated carbocycles. The minimum Gasteiger partial charge on any atom is -0.461 e. The zero-order valence-corrected chi connectivity index (χ0v) is 14.6. The first-order valence-electron chi connectivity index (χ1n) is 6.75. The third kappa shape index (κ3) is 3.83. The smallest absolute Gasteiger partial charge is 0.234 e. The van der Waals surface area contributed by atoms with Gasteiger partial charge in [0, 0.05) is 17.2 Å². The lowest BCUT2D eigenvalue weighted by atomic mass is 10.3. The number of nitrogens with zero attached hydrogens (tertiary/aromatic N) is 3. The second-order valence-electron chi connectivity index (χ2n) is 4.69. The van der Waals surface area contributed by atoms with E-state index in [9.17, 15) is 4.79 Å². The number of halogens is 1. The first-order valence-corrected chi connectivity index (χ1v) is 8.53. The molecule has 0 unspecified atom stereocenters. The summed E-state index contributed by atoms with van der Waals surface area (Å²) in [5.41, 5.74) is 0.749. The average molecular weight is 393 g/mol. The Morgan fingerprint density at radius 1 is 1.35 bits per heavy atom. The van der Waals surface area contributed by atoms with Crippen molar-refractivity contribution in [1.82, 2.24) is 14.8 Å². The van der Waals surface area contributed by atoms with E-state index in [1.54, 1.807) is 16.9 Å². The van der Waals surface area contributed by atoms with Gasteiger partial charge >= 0.3 is 0 Å². The molecule has 1 amide bonds. The Balaban J connectivity index is 1.61. The van der Waals surface area contributed by atoms with Crippen molar-refractivity contribution < 1.29 is 9.21 Å². The summed E-state index contributed by atoms with van der Waals surface area (Å²) in [6.45, 7) is 0. The van der Waals surface area contributed by atoms with Crippen LogP contribution in [0.1, 0.15) is 0 Å². The van der Waals surface area contributed by atoms with Crippen LogP contribution in [0, 0.1) is 0 Å². The normalized spacial score (nSPS) is 10.7. The zero-order valence-electron chi connectivity index (χ0n) is 12.2. The van der Waals surface area contributed by atoms with Crippen molar-refractivity contribution >= 4 is 39.3 Å². The fraction of sp³-hybridized carbons (Fsp3) is 0.133. The lowest BCUT2D eigenvalue weighted by Gasteiger charge is -2.05. The molecule has 0 bridgehead atoms. The Hall–Kier alpha value is -2.06. The van der Waals surface area contributed by atoms with Crippen molar-refractivity contribution in [3.05, 3.63) is 47.1 Å². The minimum absolute atomic E-state index is 0.101. The number of aromatic nitrogens is 3. The van der Waals surface area contributed by atoms with E-state index in [1.165, 1.54) is 11.8 Å². The third-order valence-corrected chi connectivity index (χ3v) is 4.53. The van der Waals surface area contributed by atoms with Crippen molar-refractivity contribution in [3.63, 3.8) is 0 Å². The van der Waals surface area contributed by atoms with Crippen molar-refractivity contribution in [3.8, 4) is 11.6 Å². The lowest BCUT2D eigenvalue weighted by Crippen LogP contribution is -2.14. The Kier molecular flexibility index (Phi) is 4.82. The zero-order chi connectivity index (χ0) is 16.2. The number of amides is 1. The van der Waals surface area contributed by atoms with Gasteiger partial charge in [-0.2, -0.15) is 0 Å². The van der Waals surface area contributed by atoms with Gasteiger partial charge in [0.25, 0.3) is 0 Å². The van der Waals surface area contributed by atoms with E-state index in [1.807, 2.05) is 37.4 Å². The molecule has 0 fully saturated rings. The topological polar surface area (TPSA) is 73.0 Å². The summed E-state index contributed by atoms with van der Waals surface area (Å²) in [4.78, 5) is 12.0. The number of carbonyl (C=O) groups excluding carboxylic acids is 1. The van der Waals surface area contributed by atoms with Crippen LogP contribution in [-0.4, -0.2) is 26.4 Å². The fourth-order valence-corrected chi connectivity index (χ4v) is 3.06. The first-order chi connectivity index (χ1) is 11.1. The van der Waals surface area contributed by atoms with Gasteiger partial charge in [0.15, 0.2) is 16.7 Å². The van der Waals surface area contributed by atoms with Gasteiger partial charge < -0.3 is 14.3 Å². The highest BCUT2D eigenvalue weighted by atomic mass is 79.9. The molecule has 0 atom stereocenters. The van der Waals surface area contributed by atoms with Gasteiger partial charge in [-0.15, -0.1) is 10.2 Å². The molecule has 0 aliphatic rings. The van der Waals surface area contributed by atoms with E-state index in [2.05, 4.69) is 31.4 Å². The van der Waals surface area contributed by atoms with Crippen LogP contribution in [-0.2, 0) is 11.8 Å². The van der Waals surface area contributed by atoms with E-state index in [0.29, 0.717) is 16.7 Å². The summed E-state index contributed by atoms with van der Waals surface area (Å²) in [5, 5.41) is 11.7. The molecule has 0 saturated heterocycles. The predicted molar refractivity (Wildman–Crippen MR) is 92.2 cm³/mol. The summed E-state index contributed by atoms with van der Waals surface area (Å²) < 4.78 is 8.03. The molecule has 1 aromatic carbocycles. The lowest BCUT2D eigenvalue weighted by molar-refractivity contribution is -0.113. The molecular formula is C15H13BrN4O2S. The molecule has 118 valence electrons. The fourth-order valence-electron chi connectivity index (χ4n) is 1.95. The van der Waals surface area contributed by atoms with E-state index in [-0.39, 0.29) is 11.7 Å². The summed E-state index contributed by atoms with van der Waals surface area (Å²) in [6, 6.07) is 11.1. The van der Waals surface area contributed by atoms with E-state index < -0.39 is 0 Å². The van der Waals surface area contributed by atoms with E-state index in [0.717, 1.165) is 10.2 Å². The molecule has 3 aromatic rings. The monoisotopic (exact) mass is 392 g/mol. The van der Waals surface area contributed by atoms with Crippen molar-refractivity contribution in [2.24, 2.45) is 7.05 Å². The molecule has 0 spiro atoms. The number of carbonyl (C=O) groups is 1. The van der Waals surface area contributed by atoms with Crippen molar-refractivity contribution in [1.29, 1.82) is 0 Å². The molecule has 0 radical (unpaired) electrons. The Labute approximate surface area is 145 Å². The molecule has 2 aromatic heterocycles. The maximum absolute atomic E-state index is 12.0. The highest BCUT2D eigenvalue weighted by Crippen LogP contribution is 2.23. The van der Waals surface area contributed by atoms with Gasteiger partial charge in [-0.1, -0.05) is 33.8 Å². The number of hydrogen-bond donors (Lipinski definition) is 1. The van der Waals surface area contributed by atoms with Gasteiger partial charge in [0.2, 0.25) is 5.91 Å². The number of hydrogen-bond acceptors (Lipinski definition) is 5. The van der Waals surface area contributed by atoms with Gasteiger partial charge in [0.05, 0.1) is 12.0 Å². The van der Waals surface area contributed by atoms with Gasteiger partial charge in [-0.25, -0.2) is 0 Å². The van der Waals surface area contributed by atoms with E-state index in [4.69, 9.17) is 4.42 Å². The quantitative estimate of drug-likeness (QED) is 0.671. The number of rotatable bonds is 5. The summed E-state index contributed by atoms with van der Waals surface area (Å²) >= 11 is 4.69.